The van der Waals surface area contributed by atoms with Crippen molar-refractivity contribution >= 4 is 0 Å². The van der Waals surface area contributed by atoms with E-state index in [1.807, 2.05) is 0 Å². The van der Waals surface area contributed by atoms with E-state index in [4.69, 9.17) is 0 Å². The smallest absolute Gasteiger partial charge is 0.0204 e. The van der Waals surface area contributed by atoms with Crippen LogP contribution in [0.15, 0.2) is 0 Å². The van der Waals surface area contributed by atoms with Gasteiger partial charge in [0.05, 0.1) is 0 Å². The maximum atomic E-state index is 2.61. The van der Waals surface area contributed by atoms with Gasteiger partial charge in [0, 0.05) is 0 Å². The van der Waals surface area contributed by atoms with Crippen LogP contribution in [-0.2, 0) is 0 Å². The van der Waals surface area contributed by atoms with Crippen LogP contribution in [0.3, 0.4) is 0 Å². The second kappa shape index (κ2) is 5.89. The fourth-order valence-electron chi connectivity index (χ4n) is 7.71. The Morgan fingerprint density at radius 2 is 1.76 bits per heavy atom. The molecule has 0 amide bonds. The molecule has 4 aliphatic rings. The largest absolute Gasteiger partial charge is 0.0654 e. The van der Waals surface area contributed by atoms with Crippen molar-refractivity contribution in [1.29, 1.82) is 0 Å². The van der Waals surface area contributed by atoms with Crippen molar-refractivity contribution < 1.29 is 0 Å². The molecule has 7 atom stereocenters. The molecule has 0 aliphatic heterocycles. The van der Waals surface area contributed by atoms with Crippen LogP contribution in [0.5, 0.6) is 0 Å². The fraction of sp³-hybridized carbons (Fsp3) is 1.00. The highest BCUT2D eigenvalue weighted by atomic mass is 14.7. The molecule has 0 radical (unpaired) electrons. The molecule has 3 unspecified atom stereocenters. The zero-order chi connectivity index (χ0) is 15.2. The maximum Gasteiger partial charge on any atom is -0.0204 e. The van der Waals surface area contributed by atoms with Gasteiger partial charge in [-0.05, 0) is 66.1 Å². The molecule has 4 rings (SSSR count). The van der Waals surface area contributed by atoms with Gasteiger partial charge in [0.25, 0.3) is 0 Å². The fourth-order valence-corrected chi connectivity index (χ4v) is 7.71. The van der Waals surface area contributed by atoms with Crippen molar-refractivity contribution in [2.75, 3.05) is 0 Å². The van der Waals surface area contributed by atoms with Crippen molar-refractivity contribution in [2.24, 2.45) is 46.8 Å². The van der Waals surface area contributed by atoms with Crippen molar-refractivity contribution in [3.8, 4) is 0 Å². The minimum Gasteiger partial charge on any atom is -0.0654 e. The van der Waals surface area contributed by atoms with Crippen molar-refractivity contribution in [1.82, 2.24) is 0 Å². The van der Waals surface area contributed by atoms with Crippen LogP contribution < -0.4 is 0 Å². The quantitative estimate of drug-likeness (QED) is 0.520. The van der Waals surface area contributed by atoms with Gasteiger partial charge in [-0.25, -0.2) is 0 Å². The predicted octanol–water partition coefficient (Wildman–Crippen LogP) is 6.55. The summed E-state index contributed by atoms with van der Waals surface area (Å²) < 4.78 is 0. The molecular formula is C21H38. The van der Waals surface area contributed by atoms with Crippen LogP contribution in [0.2, 0.25) is 0 Å². The van der Waals surface area contributed by atoms with Gasteiger partial charge >= 0.3 is 0 Å². The Hall–Kier alpha value is 0. The highest BCUT2D eigenvalue weighted by molar-refractivity contribution is 5.18. The minimum absolute atomic E-state index is 0.747. The molecule has 0 spiro atoms. The van der Waals surface area contributed by atoms with E-state index < -0.39 is 0 Å². The Morgan fingerprint density at radius 3 is 2.38 bits per heavy atom. The normalized spacial score (nSPS) is 46.9. The lowest BCUT2D eigenvalue weighted by Gasteiger charge is -2.63. The van der Waals surface area contributed by atoms with E-state index in [1.54, 1.807) is 19.3 Å². The summed E-state index contributed by atoms with van der Waals surface area (Å²) >= 11 is 0. The Bertz CT molecular complexity index is 357. The average Bonchev–Trinajstić information content (AvgIpc) is 3.11. The summed E-state index contributed by atoms with van der Waals surface area (Å²) in [6.45, 7) is 12.5. The first-order valence-electron chi connectivity index (χ1n) is 10.1. The molecule has 122 valence electrons. The standard InChI is InChI=1S/C21H38/c1-6-9-15(5)21-13-12-18(19(21)14(3)4)20(21)17-11-8-10-16(17)7-2/h14-20H,6-13H2,1-5H3/t15-,16?,17+,18+,19+,20?,21?/m1/s1. The minimum atomic E-state index is 0.747. The number of hydrogen-bond donors (Lipinski definition) is 0. The number of rotatable bonds is 6. The topological polar surface area (TPSA) is 0 Å². The van der Waals surface area contributed by atoms with Gasteiger partial charge in [-0.2, -0.15) is 0 Å². The third-order valence-corrected chi connectivity index (χ3v) is 8.14. The van der Waals surface area contributed by atoms with E-state index in [-0.39, 0.29) is 0 Å². The van der Waals surface area contributed by atoms with Crippen molar-refractivity contribution in [3.05, 3.63) is 0 Å². The SMILES string of the molecule is CCC[C@@H](C)C12CC[C@H](C1[C@H]1CCCC1CC)[C@@H]2C(C)C. The van der Waals surface area contributed by atoms with Gasteiger partial charge in [0.15, 0.2) is 0 Å². The highest BCUT2D eigenvalue weighted by Gasteiger charge is 2.70. The monoisotopic (exact) mass is 290 g/mol. The van der Waals surface area contributed by atoms with E-state index in [1.165, 1.54) is 32.1 Å². The van der Waals surface area contributed by atoms with Crippen LogP contribution in [0.1, 0.15) is 86.0 Å². The first kappa shape index (κ1) is 15.9. The van der Waals surface area contributed by atoms with Gasteiger partial charge in [-0.3, -0.25) is 0 Å². The molecule has 0 heterocycles. The molecule has 0 nitrogen and oxygen atoms in total. The Labute approximate surface area is 133 Å². The van der Waals surface area contributed by atoms with E-state index in [2.05, 4.69) is 34.6 Å². The van der Waals surface area contributed by atoms with E-state index in [9.17, 15) is 0 Å². The third-order valence-electron chi connectivity index (χ3n) is 8.14. The molecule has 0 aromatic rings. The molecule has 2 bridgehead atoms. The predicted molar refractivity (Wildman–Crippen MR) is 92.2 cm³/mol. The van der Waals surface area contributed by atoms with E-state index in [0.29, 0.717) is 0 Å². The summed E-state index contributed by atoms with van der Waals surface area (Å²) in [7, 11) is 0. The first-order valence-corrected chi connectivity index (χ1v) is 10.1. The lowest BCUT2D eigenvalue weighted by molar-refractivity contribution is -0.156. The summed E-state index contributed by atoms with van der Waals surface area (Å²) in [5.41, 5.74) is 0.747. The zero-order valence-corrected chi connectivity index (χ0v) is 15.2. The Morgan fingerprint density at radius 1 is 1.00 bits per heavy atom. The zero-order valence-electron chi connectivity index (χ0n) is 15.2. The summed E-state index contributed by atoms with van der Waals surface area (Å²) in [4.78, 5) is 0. The number of fused-ring (bicyclic) bond motifs is 1. The second-order valence-corrected chi connectivity index (χ2v) is 9.06. The number of hydrogen-bond acceptors (Lipinski definition) is 0. The Kier molecular flexibility index (Phi) is 4.46. The van der Waals surface area contributed by atoms with Gasteiger partial charge in [0.2, 0.25) is 0 Å². The first-order chi connectivity index (χ1) is 10.1. The second-order valence-electron chi connectivity index (χ2n) is 9.06. The van der Waals surface area contributed by atoms with Gasteiger partial charge < -0.3 is 0 Å². The molecule has 0 heteroatoms. The van der Waals surface area contributed by atoms with Gasteiger partial charge in [-0.1, -0.05) is 66.7 Å². The van der Waals surface area contributed by atoms with Crippen LogP contribution >= 0.6 is 0 Å². The summed E-state index contributed by atoms with van der Waals surface area (Å²) in [5.74, 6) is 7.31. The van der Waals surface area contributed by atoms with Crippen LogP contribution in [0.4, 0.5) is 0 Å². The summed E-state index contributed by atoms with van der Waals surface area (Å²) in [6, 6.07) is 0. The van der Waals surface area contributed by atoms with Gasteiger partial charge in [-0.15, -0.1) is 0 Å². The molecule has 0 aromatic heterocycles. The molecule has 0 saturated heterocycles. The van der Waals surface area contributed by atoms with Crippen LogP contribution in [0, 0.1) is 46.8 Å². The van der Waals surface area contributed by atoms with E-state index >= 15 is 0 Å². The lowest BCUT2D eigenvalue weighted by atomic mass is 9.42. The van der Waals surface area contributed by atoms with E-state index in [0.717, 1.165) is 46.8 Å². The van der Waals surface area contributed by atoms with Crippen molar-refractivity contribution in [2.45, 2.75) is 86.0 Å². The average molecular weight is 291 g/mol. The maximum absolute atomic E-state index is 2.61. The molecule has 4 saturated carbocycles. The third kappa shape index (κ3) is 2.14. The summed E-state index contributed by atoms with van der Waals surface area (Å²) in [6.07, 6.45) is 12.0. The van der Waals surface area contributed by atoms with Crippen LogP contribution in [0.25, 0.3) is 0 Å². The molecule has 4 fully saturated rings. The molecule has 21 heavy (non-hydrogen) atoms. The summed E-state index contributed by atoms with van der Waals surface area (Å²) in [5, 5.41) is 0. The lowest BCUT2D eigenvalue weighted by Crippen LogP contribution is -2.58. The van der Waals surface area contributed by atoms with Crippen molar-refractivity contribution in [3.63, 3.8) is 0 Å². The van der Waals surface area contributed by atoms with Gasteiger partial charge in [0.1, 0.15) is 0 Å². The Balaban J connectivity index is 1.87. The van der Waals surface area contributed by atoms with Crippen LogP contribution in [-0.4, -0.2) is 0 Å². The molecular weight excluding hydrogens is 252 g/mol. The molecule has 0 N–H and O–H groups in total. The molecule has 0 aromatic carbocycles. The highest BCUT2D eigenvalue weighted by Crippen LogP contribution is 2.76. The molecule has 4 aliphatic carbocycles.